The molecule has 1 aromatic rings. The summed E-state index contributed by atoms with van der Waals surface area (Å²) in [4.78, 5) is 24.1. The second-order valence-corrected chi connectivity index (χ2v) is 4.75. The van der Waals surface area contributed by atoms with E-state index in [2.05, 4.69) is 0 Å². The van der Waals surface area contributed by atoms with Crippen molar-refractivity contribution in [2.75, 3.05) is 6.54 Å². The molecule has 0 aliphatic carbocycles. The molecular formula is C14H17F2NO3. The first kappa shape index (κ1) is 16.1. The summed E-state index contributed by atoms with van der Waals surface area (Å²) in [6, 6.07) is 3.12. The number of aliphatic carboxylic acids is 1. The van der Waals surface area contributed by atoms with Crippen molar-refractivity contribution in [1.82, 2.24) is 4.90 Å². The number of carbonyl (C=O) groups excluding carboxylic acids is 1. The SMILES string of the molecule is CC(C)N(CCC(=O)O)C(=O)Cc1ccc(F)c(F)c1. The molecule has 0 aromatic heterocycles. The molecule has 6 heteroatoms. The maximum atomic E-state index is 13.1. The monoisotopic (exact) mass is 285 g/mol. The Balaban J connectivity index is 2.74. The molecule has 0 heterocycles. The van der Waals surface area contributed by atoms with Crippen molar-refractivity contribution in [2.45, 2.75) is 32.7 Å². The molecular weight excluding hydrogens is 268 g/mol. The van der Waals surface area contributed by atoms with Crippen molar-refractivity contribution in [3.05, 3.63) is 35.4 Å². The Kier molecular flexibility index (Phi) is 5.61. The fraction of sp³-hybridized carbons (Fsp3) is 0.429. The van der Waals surface area contributed by atoms with E-state index >= 15 is 0 Å². The average molecular weight is 285 g/mol. The predicted octanol–water partition coefficient (Wildman–Crippen LogP) is 2.22. The number of rotatable bonds is 6. The summed E-state index contributed by atoms with van der Waals surface area (Å²) in [5, 5.41) is 8.65. The summed E-state index contributed by atoms with van der Waals surface area (Å²) in [6.45, 7) is 3.63. The number of hydrogen-bond acceptors (Lipinski definition) is 2. The van der Waals surface area contributed by atoms with E-state index in [9.17, 15) is 18.4 Å². The molecule has 110 valence electrons. The van der Waals surface area contributed by atoms with Crippen LogP contribution in [-0.4, -0.2) is 34.5 Å². The van der Waals surface area contributed by atoms with Crippen LogP contribution in [0.2, 0.25) is 0 Å². The van der Waals surface area contributed by atoms with Crippen LogP contribution in [0.4, 0.5) is 8.78 Å². The molecule has 1 N–H and O–H groups in total. The van der Waals surface area contributed by atoms with Crippen LogP contribution in [0.1, 0.15) is 25.8 Å². The molecule has 0 unspecified atom stereocenters. The molecule has 0 atom stereocenters. The average Bonchev–Trinajstić information content (AvgIpc) is 2.33. The van der Waals surface area contributed by atoms with E-state index in [1.165, 1.54) is 11.0 Å². The second-order valence-electron chi connectivity index (χ2n) is 4.75. The van der Waals surface area contributed by atoms with Gasteiger partial charge in [-0.1, -0.05) is 6.07 Å². The third kappa shape index (κ3) is 4.60. The fourth-order valence-corrected chi connectivity index (χ4v) is 1.81. The Labute approximate surface area is 116 Å². The lowest BCUT2D eigenvalue weighted by Crippen LogP contribution is -2.39. The van der Waals surface area contributed by atoms with Gasteiger partial charge in [0, 0.05) is 12.6 Å². The van der Waals surface area contributed by atoms with Gasteiger partial charge in [0.15, 0.2) is 11.6 Å². The van der Waals surface area contributed by atoms with E-state index in [1.807, 2.05) is 0 Å². The van der Waals surface area contributed by atoms with Gasteiger partial charge in [-0.15, -0.1) is 0 Å². The highest BCUT2D eigenvalue weighted by atomic mass is 19.2. The van der Waals surface area contributed by atoms with Crippen molar-refractivity contribution in [2.24, 2.45) is 0 Å². The quantitative estimate of drug-likeness (QED) is 0.872. The minimum Gasteiger partial charge on any atom is -0.481 e. The largest absolute Gasteiger partial charge is 0.481 e. The number of carbonyl (C=O) groups is 2. The molecule has 1 amide bonds. The molecule has 20 heavy (non-hydrogen) atoms. The summed E-state index contributed by atoms with van der Waals surface area (Å²) in [7, 11) is 0. The topological polar surface area (TPSA) is 57.6 Å². The van der Waals surface area contributed by atoms with Crippen LogP contribution in [0.25, 0.3) is 0 Å². The van der Waals surface area contributed by atoms with E-state index in [4.69, 9.17) is 5.11 Å². The molecule has 0 saturated carbocycles. The van der Waals surface area contributed by atoms with Gasteiger partial charge in [0.2, 0.25) is 5.91 Å². The van der Waals surface area contributed by atoms with Gasteiger partial charge in [0.1, 0.15) is 0 Å². The van der Waals surface area contributed by atoms with Gasteiger partial charge < -0.3 is 10.0 Å². The summed E-state index contributed by atoms with van der Waals surface area (Å²) < 4.78 is 25.9. The van der Waals surface area contributed by atoms with E-state index in [-0.39, 0.29) is 31.3 Å². The normalized spacial score (nSPS) is 10.7. The van der Waals surface area contributed by atoms with Crippen LogP contribution < -0.4 is 0 Å². The first-order chi connectivity index (χ1) is 9.31. The molecule has 4 nitrogen and oxygen atoms in total. The smallest absolute Gasteiger partial charge is 0.305 e. The van der Waals surface area contributed by atoms with Gasteiger partial charge in [0.25, 0.3) is 0 Å². The first-order valence-corrected chi connectivity index (χ1v) is 6.26. The van der Waals surface area contributed by atoms with E-state index in [0.29, 0.717) is 5.56 Å². The van der Waals surface area contributed by atoms with Crippen molar-refractivity contribution < 1.29 is 23.5 Å². The Morgan fingerprint density at radius 2 is 1.90 bits per heavy atom. The predicted molar refractivity (Wildman–Crippen MR) is 69.2 cm³/mol. The maximum absolute atomic E-state index is 13.1. The third-order valence-electron chi connectivity index (χ3n) is 2.85. The molecule has 0 aliphatic heterocycles. The van der Waals surface area contributed by atoms with Crippen molar-refractivity contribution in [1.29, 1.82) is 0 Å². The van der Waals surface area contributed by atoms with Gasteiger partial charge in [-0.3, -0.25) is 9.59 Å². The van der Waals surface area contributed by atoms with Gasteiger partial charge in [-0.25, -0.2) is 8.78 Å². The lowest BCUT2D eigenvalue weighted by Gasteiger charge is -2.26. The van der Waals surface area contributed by atoms with Crippen LogP contribution >= 0.6 is 0 Å². The minimum atomic E-state index is -1.00. The highest BCUT2D eigenvalue weighted by Gasteiger charge is 2.18. The first-order valence-electron chi connectivity index (χ1n) is 6.26. The Morgan fingerprint density at radius 3 is 2.40 bits per heavy atom. The number of halogens is 2. The molecule has 0 radical (unpaired) electrons. The highest BCUT2D eigenvalue weighted by molar-refractivity contribution is 5.79. The Hall–Kier alpha value is -1.98. The number of benzene rings is 1. The van der Waals surface area contributed by atoms with E-state index in [0.717, 1.165) is 12.1 Å². The van der Waals surface area contributed by atoms with E-state index in [1.54, 1.807) is 13.8 Å². The van der Waals surface area contributed by atoms with Crippen molar-refractivity contribution in [3.8, 4) is 0 Å². The summed E-state index contributed by atoms with van der Waals surface area (Å²) in [5.41, 5.74) is 0.356. The highest BCUT2D eigenvalue weighted by Crippen LogP contribution is 2.11. The summed E-state index contributed by atoms with van der Waals surface area (Å²) >= 11 is 0. The van der Waals surface area contributed by atoms with Crippen molar-refractivity contribution >= 4 is 11.9 Å². The Morgan fingerprint density at radius 1 is 1.25 bits per heavy atom. The van der Waals surface area contributed by atoms with Gasteiger partial charge in [-0.2, -0.15) is 0 Å². The second kappa shape index (κ2) is 6.98. The van der Waals surface area contributed by atoms with Crippen LogP contribution in [0, 0.1) is 11.6 Å². The number of amides is 1. The van der Waals surface area contributed by atoms with Gasteiger partial charge >= 0.3 is 5.97 Å². The van der Waals surface area contributed by atoms with Crippen LogP contribution in [0.5, 0.6) is 0 Å². The van der Waals surface area contributed by atoms with E-state index < -0.39 is 17.6 Å². The standard InChI is InChI=1S/C14H17F2NO3/c1-9(2)17(6-5-14(19)20)13(18)8-10-3-4-11(15)12(16)7-10/h3-4,7,9H,5-6,8H2,1-2H3,(H,19,20). The van der Waals surface area contributed by atoms with Crippen LogP contribution in [0.15, 0.2) is 18.2 Å². The minimum absolute atomic E-state index is 0.0883. The zero-order chi connectivity index (χ0) is 15.3. The molecule has 0 saturated heterocycles. The number of carboxylic acid groups (broad SMARTS) is 1. The lowest BCUT2D eigenvalue weighted by atomic mass is 10.1. The van der Waals surface area contributed by atoms with Crippen LogP contribution in [-0.2, 0) is 16.0 Å². The van der Waals surface area contributed by atoms with Gasteiger partial charge in [0.05, 0.1) is 12.8 Å². The summed E-state index contributed by atoms with van der Waals surface area (Å²) in [5.74, 6) is -3.27. The third-order valence-corrected chi connectivity index (χ3v) is 2.85. The molecule has 0 spiro atoms. The maximum Gasteiger partial charge on any atom is 0.305 e. The Bertz CT molecular complexity index is 503. The zero-order valence-corrected chi connectivity index (χ0v) is 11.4. The number of nitrogens with zero attached hydrogens (tertiary/aromatic N) is 1. The molecule has 0 bridgehead atoms. The fourth-order valence-electron chi connectivity index (χ4n) is 1.81. The molecule has 1 aromatic carbocycles. The molecule has 0 aliphatic rings. The van der Waals surface area contributed by atoms with Crippen molar-refractivity contribution in [3.63, 3.8) is 0 Å². The number of carboxylic acids is 1. The zero-order valence-electron chi connectivity index (χ0n) is 11.4. The van der Waals surface area contributed by atoms with Crippen LogP contribution in [0.3, 0.4) is 0 Å². The lowest BCUT2D eigenvalue weighted by molar-refractivity contribution is -0.139. The van der Waals surface area contributed by atoms with Gasteiger partial charge in [-0.05, 0) is 31.5 Å². The summed E-state index contributed by atoms with van der Waals surface area (Å²) in [6.07, 6.45) is -0.239. The molecule has 1 rings (SSSR count). The number of hydrogen-bond donors (Lipinski definition) is 1. The molecule has 0 fully saturated rings.